The van der Waals surface area contributed by atoms with Crippen LogP contribution in [0.5, 0.6) is 0 Å². The molecule has 0 spiro atoms. The van der Waals surface area contributed by atoms with E-state index in [1.165, 1.54) is 11.3 Å². The number of rotatable bonds is 8. The molecule has 0 aliphatic rings. The standard InChI is InChI=1S/C20H22N4O3S2/c1-4-27-20(26)17-12(2)16-18(22-10-15(25)21-3)23-14(24-19(16)29-17)11-28-13-8-6-5-7-9-13/h5-9H,4,10-11H2,1-3H3,(H,21,25)(H,22,23,24). The van der Waals surface area contributed by atoms with E-state index in [0.717, 1.165) is 15.8 Å². The molecule has 29 heavy (non-hydrogen) atoms. The van der Waals surface area contributed by atoms with Gasteiger partial charge in [0.05, 0.1) is 24.3 Å². The normalized spacial score (nSPS) is 10.7. The second-order valence-corrected chi connectivity index (χ2v) is 8.12. The quantitative estimate of drug-likeness (QED) is 0.416. The fraction of sp³-hybridized carbons (Fsp3) is 0.300. The van der Waals surface area contributed by atoms with Gasteiger partial charge in [0.25, 0.3) is 0 Å². The lowest BCUT2D eigenvalue weighted by atomic mass is 10.2. The smallest absolute Gasteiger partial charge is 0.348 e. The van der Waals surface area contributed by atoms with Crippen LogP contribution in [0.2, 0.25) is 0 Å². The summed E-state index contributed by atoms with van der Waals surface area (Å²) in [6.07, 6.45) is 0. The number of aromatic nitrogens is 2. The summed E-state index contributed by atoms with van der Waals surface area (Å²) in [5, 5.41) is 6.41. The van der Waals surface area contributed by atoms with Crippen LogP contribution < -0.4 is 10.6 Å². The van der Waals surface area contributed by atoms with Crippen molar-refractivity contribution in [3.63, 3.8) is 0 Å². The number of anilines is 1. The van der Waals surface area contributed by atoms with E-state index in [-0.39, 0.29) is 18.4 Å². The Morgan fingerprint density at radius 2 is 1.97 bits per heavy atom. The van der Waals surface area contributed by atoms with Crippen LogP contribution in [-0.2, 0) is 15.3 Å². The molecule has 3 aromatic rings. The highest BCUT2D eigenvalue weighted by molar-refractivity contribution is 7.98. The van der Waals surface area contributed by atoms with Gasteiger partial charge in [-0.15, -0.1) is 23.1 Å². The number of nitrogens with zero attached hydrogens (tertiary/aromatic N) is 2. The molecule has 0 aliphatic carbocycles. The van der Waals surface area contributed by atoms with Crippen molar-refractivity contribution in [1.82, 2.24) is 15.3 Å². The predicted molar refractivity (Wildman–Crippen MR) is 117 cm³/mol. The van der Waals surface area contributed by atoms with Crippen molar-refractivity contribution in [3.05, 3.63) is 46.6 Å². The Morgan fingerprint density at radius 1 is 1.21 bits per heavy atom. The van der Waals surface area contributed by atoms with Gasteiger partial charge in [0.15, 0.2) is 0 Å². The molecule has 152 valence electrons. The first-order valence-electron chi connectivity index (χ1n) is 9.12. The van der Waals surface area contributed by atoms with Crippen LogP contribution in [0.4, 0.5) is 5.82 Å². The van der Waals surface area contributed by atoms with Gasteiger partial charge in [-0.25, -0.2) is 14.8 Å². The first-order chi connectivity index (χ1) is 14.0. The van der Waals surface area contributed by atoms with Crippen molar-refractivity contribution < 1.29 is 14.3 Å². The largest absolute Gasteiger partial charge is 0.462 e. The zero-order chi connectivity index (χ0) is 20.8. The molecule has 0 atom stereocenters. The zero-order valence-electron chi connectivity index (χ0n) is 16.4. The van der Waals surface area contributed by atoms with Gasteiger partial charge in [-0.3, -0.25) is 4.79 Å². The SMILES string of the molecule is CCOC(=O)c1sc2nc(CSc3ccccc3)nc(NCC(=O)NC)c2c1C. The molecule has 3 rings (SSSR count). The van der Waals surface area contributed by atoms with Gasteiger partial charge in [-0.1, -0.05) is 18.2 Å². The molecule has 0 saturated heterocycles. The van der Waals surface area contributed by atoms with Crippen molar-refractivity contribution in [2.75, 3.05) is 25.5 Å². The van der Waals surface area contributed by atoms with Gasteiger partial charge >= 0.3 is 5.97 Å². The number of hydrogen-bond donors (Lipinski definition) is 2. The van der Waals surface area contributed by atoms with Crippen LogP contribution >= 0.6 is 23.1 Å². The third-order valence-electron chi connectivity index (χ3n) is 4.10. The number of fused-ring (bicyclic) bond motifs is 1. The number of aryl methyl sites for hydroxylation is 1. The van der Waals surface area contributed by atoms with E-state index in [0.29, 0.717) is 33.7 Å². The Balaban J connectivity index is 1.97. The first kappa shape index (κ1) is 21.1. The summed E-state index contributed by atoms with van der Waals surface area (Å²) in [5.41, 5.74) is 0.755. The van der Waals surface area contributed by atoms with Crippen LogP contribution in [0.15, 0.2) is 35.2 Å². The average molecular weight is 431 g/mol. The number of nitrogens with one attached hydrogen (secondary N) is 2. The number of thioether (sulfide) groups is 1. The molecule has 0 aliphatic heterocycles. The van der Waals surface area contributed by atoms with E-state index in [9.17, 15) is 9.59 Å². The molecule has 2 N–H and O–H groups in total. The minimum absolute atomic E-state index is 0.0813. The Kier molecular flexibility index (Phi) is 7.05. The summed E-state index contributed by atoms with van der Waals surface area (Å²) in [6.45, 7) is 4.00. The first-order valence-corrected chi connectivity index (χ1v) is 10.9. The van der Waals surface area contributed by atoms with E-state index in [1.54, 1.807) is 25.7 Å². The van der Waals surface area contributed by atoms with Crippen molar-refractivity contribution in [2.24, 2.45) is 0 Å². The average Bonchev–Trinajstić information content (AvgIpc) is 3.08. The highest BCUT2D eigenvalue weighted by atomic mass is 32.2. The Morgan fingerprint density at radius 3 is 2.66 bits per heavy atom. The van der Waals surface area contributed by atoms with Crippen LogP contribution in [0.3, 0.4) is 0 Å². The number of carbonyl (C=O) groups excluding carboxylic acids is 2. The fourth-order valence-corrected chi connectivity index (χ4v) is 4.55. The lowest BCUT2D eigenvalue weighted by Crippen LogP contribution is -2.26. The molecule has 9 heteroatoms. The van der Waals surface area contributed by atoms with Crippen LogP contribution in [-0.4, -0.2) is 42.0 Å². The van der Waals surface area contributed by atoms with Crippen LogP contribution in [0.1, 0.15) is 28.0 Å². The number of benzene rings is 1. The van der Waals surface area contributed by atoms with Crippen LogP contribution in [0.25, 0.3) is 10.2 Å². The van der Waals surface area contributed by atoms with E-state index in [1.807, 2.05) is 37.3 Å². The maximum Gasteiger partial charge on any atom is 0.348 e. The van der Waals surface area contributed by atoms with Gasteiger partial charge in [0.2, 0.25) is 5.91 Å². The van der Waals surface area contributed by atoms with Crippen molar-refractivity contribution in [3.8, 4) is 0 Å². The van der Waals surface area contributed by atoms with E-state index in [2.05, 4.69) is 20.6 Å². The Hall–Kier alpha value is -2.65. The molecule has 1 aromatic carbocycles. The summed E-state index contributed by atoms with van der Waals surface area (Å²) in [6, 6.07) is 10.00. The minimum atomic E-state index is -0.370. The summed E-state index contributed by atoms with van der Waals surface area (Å²) < 4.78 is 5.16. The van der Waals surface area contributed by atoms with Crippen molar-refractivity contribution >= 4 is 51.0 Å². The maximum atomic E-state index is 12.3. The monoisotopic (exact) mass is 430 g/mol. The molecule has 0 bridgehead atoms. The summed E-state index contributed by atoms with van der Waals surface area (Å²) in [5.74, 6) is 1.22. The van der Waals surface area contributed by atoms with E-state index < -0.39 is 0 Å². The number of amides is 1. The number of esters is 1. The topological polar surface area (TPSA) is 93.2 Å². The van der Waals surface area contributed by atoms with E-state index in [4.69, 9.17) is 4.74 Å². The second kappa shape index (κ2) is 9.71. The number of carbonyl (C=O) groups is 2. The molecule has 0 fully saturated rings. The molecule has 7 nitrogen and oxygen atoms in total. The summed E-state index contributed by atoms with van der Waals surface area (Å²) in [4.78, 5) is 35.6. The number of likely N-dealkylation sites (N-methyl/N-ethyl adjacent to an activating group) is 1. The number of hydrogen-bond acceptors (Lipinski definition) is 8. The fourth-order valence-electron chi connectivity index (χ4n) is 2.68. The summed E-state index contributed by atoms with van der Waals surface area (Å²) >= 11 is 2.91. The lowest BCUT2D eigenvalue weighted by Gasteiger charge is -2.09. The molecule has 2 aromatic heterocycles. The van der Waals surface area contributed by atoms with Gasteiger partial charge in [0, 0.05) is 11.9 Å². The van der Waals surface area contributed by atoms with Gasteiger partial charge in [-0.05, 0) is 31.5 Å². The Labute approximate surface area is 177 Å². The van der Waals surface area contributed by atoms with Gasteiger partial charge < -0.3 is 15.4 Å². The number of ether oxygens (including phenoxy) is 1. The molecular formula is C20H22N4O3S2. The second-order valence-electron chi connectivity index (χ2n) is 6.07. The highest BCUT2D eigenvalue weighted by Gasteiger charge is 2.21. The molecular weight excluding hydrogens is 408 g/mol. The Bertz CT molecular complexity index is 1020. The molecule has 0 radical (unpaired) electrons. The zero-order valence-corrected chi connectivity index (χ0v) is 18.1. The third kappa shape index (κ3) is 5.04. The van der Waals surface area contributed by atoms with Gasteiger partial charge in [0.1, 0.15) is 21.3 Å². The van der Waals surface area contributed by atoms with Crippen molar-refractivity contribution in [2.45, 2.75) is 24.5 Å². The maximum absolute atomic E-state index is 12.3. The van der Waals surface area contributed by atoms with E-state index >= 15 is 0 Å². The third-order valence-corrected chi connectivity index (χ3v) is 6.28. The van der Waals surface area contributed by atoms with Gasteiger partial charge in [-0.2, -0.15) is 0 Å². The minimum Gasteiger partial charge on any atom is -0.462 e. The molecule has 2 heterocycles. The number of thiophene rings is 1. The lowest BCUT2D eigenvalue weighted by molar-refractivity contribution is -0.118. The molecule has 0 saturated carbocycles. The van der Waals surface area contributed by atoms with Crippen LogP contribution in [0, 0.1) is 6.92 Å². The molecule has 0 unspecified atom stereocenters. The predicted octanol–water partition coefficient (Wildman–Crippen LogP) is 3.63. The van der Waals surface area contributed by atoms with Crippen molar-refractivity contribution in [1.29, 1.82) is 0 Å². The molecule has 1 amide bonds. The summed E-state index contributed by atoms with van der Waals surface area (Å²) in [7, 11) is 1.58. The highest BCUT2D eigenvalue weighted by Crippen LogP contribution is 2.35.